The molecule has 0 bridgehead atoms. The van der Waals surface area contributed by atoms with Gasteiger partial charge >= 0.3 is 24.7 Å². The van der Waals surface area contributed by atoms with Crippen molar-refractivity contribution in [2.75, 3.05) is 0 Å². The Kier molecular flexibility index (Phi) is 9.22. The first-order valence-electron chi connectivity index (χ1n) is 13.3. The molecule has 4 nitrogen and oxygen atoms in total. The van der Waals surface area contributed by atoms with Crippen LogP contribution in [0.2, 0.25) is 0 Å². The van der Waals surface area contributed by atoms with Crippen molar-refractivity contribution in [1.82, 2.24) is 10.6 Å². The molecule has 0 aromatic heterocycles. The molecule has 3 aromatic rings. The molecule has 0 radical (unpaired) electrons. The zero-order valence-corrected chi connectivity index (χ0v) is 22.7. The van der Waals surface area contributed by atoms with Gasteiger partial charge in [0.2, 0.25) is 0 Å². The van der Waals surface area contributed by atoms with Crippen LogP contribution in [0.4, 0.5) is 44.3 Å². The second-order valence-electron chi connectivity index (χ2n) is 10.5. The van der Waals surface area contributed by atoms with Crippen LogP contribution in [-0.4, -0.2) is 24.6 Å². The molecule has 0 unspecified atom stereocenters. The van der Waals surface area contributed by atoms with E-state index in [0.717, 1.165) is 36.6 Å². The number of aryl methyl sites for hydroxylation is 1. The first kappa shape index (κ1) is 32.0. The summed E-state index contributed by atoms with van der Waals surface area (Å²) in [5, 5.41) is 5.31. The highest BCUT2D eigenvalue weighted by atomic mass is 19.4. The highest BCUT2D eigenvalue weighted by molar-refractivity contribution is 5.76. The van der Waals surface area contributed by atoms with Gasteiger partial charge in [-0.3, -0.25) is 0 Å². The lowest BCUT2D eigenvalue weighted by Crippen LogP contribution is -2.53. The van der Waals surface area contributed by atoms with Crippen LogP contribution >= 0.6 is 0 Å². The fourth-order valence-electron chi connectivity index (χ4n) is 5.13. The molecular formula is C30H27F9N2O2. The third kappa shape index (κ3) is 7.55. The molecule has 1 aliphatic rings. The predicted octanol–water partition coefficient (Wildman–Crippen LogP) is 8.26. The summed E-state index contributed by atoms with van der Waals surface area (Å²) in [4.78, 5) is 13.4. The number of nitrogens with one attached hydrogen (secondary N) is 2. The van der Waals surface area contributed by atoms with E-state index in [0.29, 0.717) is 36.6 Å². The number of hydrogen-bond donors (Lipinski definition) is 2. The van der Waals surface area contributed by atoms with Gasteiger partial charge < -0.3 is 15.4 Å². The van der Waals surface area contributed by atoms with E-state index in [9.17, 15) is 44.3 Å². The lowest BCUT2D eigenvalue weighted by atomic mass is 9.77. The number of rotatable bonds is 9. The Morgan fingerprint density at radius 1 is 0.907 bits per heavy atom. The molecule has 4 rings (SSSR count). The molecule has 2 N–H and O–H groups in total. The summed E-state index contributed by atoms with van der Waals surface area (Å²) in [6.45, 7) is 1.76. The summed E-state index contributed by atoms with van der Waals surface area (Å²) in [5.74, 6) is -3.98. The van der Waals surface area contributed by atoms with Gasteiger partial charge in [-0.15, -0.1) is 0 Å². The van der Waals surface area contributed by atoms with Crippen molar-refractivity contribution < 1.29 is 49.0 Å². The summed E-state index contributed by atoms with van der Waals surface area (Å²) in [6.07, 6.45) is -12.0. The molecule has 13 heteroatoms. The van der Waals surface area contributed by atoms with Gasteiger partial charge in [-0.05, 0) is 60.7 Å². The number of halogens is 9. The Hall–Kier alpha value is -3.90. The molecule has 1 atom stereocenters. The Balaban J connectivity index is 1.96. The number of carbonyl (C=O) groups is 1. The molecule has 232 valence electrons. The number of alkyl halides is 7. The Morgan fingerprint density at radius 3 is 2.16 bits per heavy atom. The Labute approximate surface area is 241 Å². The molecule has 3 aromatic carbocycles. The van der Waals surface area contributed by atoms with Crippen molar-refractivity contribution in [3.05, 3.63) is 100 Å². The summed E-state index contributed by atoms with van der Waals surface area (Å²) >= 11 is 0. The average Bonchev–Trinajstić information content (AvgIpc) is 3.41. The van der Waals surface area contributed by atoms with E-state index < -0.39 is 58.8 Å². The number of carbonyl (C=O) groups excluding carboxylic acids is 1. The maximum absolute atomic E-state index is 15.0. The minimum Gasteiger partial charge on any atom is -0.428 e. The van der Waals surface area contributed by atoms with Crippen molar-refractivity contribution in [2.24, 2.45) is 0 Å². The molecule has 0 heterocycles. The van der Waals surface area contributed by atoms with Crippen molar-refractivity contribution in [1.29, 1.82) is 0 Å². The van der Waals surface area contributed by atoms with Crippen LogP contribution in [0.25, 0.3) is 0 Å². The Bertz CT molecular complexity index is 1440. The minimum absolute atomic E-state index is 0.285. The van der Waals surface area contributed by atoms with Crippen LogP contribution in [0, 0.1) is 18.6 Å². The summed E-state index contributed by atoms with van der Waals surface area (Å²) < 4.78 is 128. The van der Waals surface area contributed by atoms with E-state index in [1.54, 1.807) is 31.2 Å². The lowest BCUT2D eigenvalue weighted by Gasteiger charge is -2.37. The summed E-state index contributed by atoms with van der Waals surface area (Å²) in [6, 6.07) is 9.05. The standard InChI is InChI=1S/C30H27F9N2O2/c1-17-6-8-18(9-7-17)16-28(41-27(42)40-22-4-2-3-5-22,19-10-11-25(32)24(14-19)29(35,36)37)20-12-21(31)15-23(13-20)43-30(38,39)26(33)34/h6-15,22,26H,2-5,16H2,1H3,(H2,40,41,42)/t28-/m1/s1. The fourth-order valence-corrected chi connectivity index (χ4v) is 5.13. The summed E-state index contributed by atoms with van der Waals surface area (Å²) in [5.41, 5.74) is -3.48. The third-order valence-corrected chi connectivity index (χ3v) is 7.24. The van der Waals surface area contributed by atoms with Crippen molar-refractivity contribution in [3.63, 3.8) is 0 Å². The third-order valence-electron chi connectivity index (χ3n) is 7.24. The van der Waals surface area contributed by atoms with E-state index in [4.69, 9.17) is 0 Å². The van der Waals surface area contributed by atoms with E-state index in [-0.39, 0.29) is 18.0 Å². The van der Waals surface area contributed by atoms with Crippen LogP contribution in [0.1, 0.15) is 53.5 Å². The fraction of sp³-hybridized carbons (Fsp3) is 0.367. The normalized spacial score (nSPS) is 15.8. The van der Waals surface area contributed by atoms with Gasteiger partial charge in [0.1, 0.15) is 17.4 Å². The van der Waals surface area contributed by atoms with Crippen LogP contribution in [0.5, 0.6) is 5.75 Å². The number of urea groups is 1. The van der Waals surface area contributed by atoms with Gasteiger partial charge in [0.05, 0.1) is 11.1 Å². The van der Waals surface area contributed by atoms with Crippen LogP contribution < -0.4 is 15.4 Å². The number of benzene rings is 3. The van der Waals surface area contributed by atoms with Crippen LogP contribution in [-0.2, 0) is 18.1 Å². The van der Waals surface area contributed by atoms with Gasteiger partial charge in [-0.1, -0.05) is 48.7 Å². The zero-order chi connectivity index (χ0) is 31.6. The molecule has 0 saturated heterocycles. The SMILES string of the molecule is Cc1ccc(C[C@](NC(=O)NC2CCCC2)(c2cc(F)cc(OC(F)(F)C(F)F)c2)c2ccc(F)c(C(F)(F)F)c2)cc1. The molecule has 1 saturated carbocycles. The number of ether oxygens (including phenoxy) is 1. The quantitative estimate of drug-likeness (QED) is 0.237. The van der Waals surface area contributed by atoms with Crippen molar-refractivity contribution in [3.8, 4) is 5.75 Å². The van der Waals surface area contributed by atoms with Gasteiger partial charge in [0.15, 0.2) is 0 Å². The van der Waals surface area contributed by atoms with Crippen molar-refractivity contribution in [2.45, 2.75) is 69.3 Å². The smallest absolute Gasteiger partial charge is 0.428 e. The van der Waals surface area contributed by atoms with Crippen LogP contribution in [0.15, 0.2) is 60.7 Å². The van der Waals surface area contributed by atoms with Gasteiger partial charge in [0.25, 0.3) is 0 Å². The molecule has 43 heavy (non-hydrogen) atoms. The first-order valence-corrected chi connectivity index (χ1v) is 13.3. The molecule has 1 fully saturated rings. The molecule has 0 spiro atoms. The maximum atomic E-state index is 15.0. The van der Waals surface area contributed by atoms with Crippen molar-refractivity contribution >= 4 is 6.03 Å². The monoisotopic (exact) mass is 618 g/mol. The van der Waals surface area contributed by atoms with E-state index in [1.165, 1.54) is 0 Å². The topological polar surface area (TPSA) is 50.4 Å². The van der Waals surface area contributed by atoms with Crippen LogP contribution in [0.3, 0.4) is 0 Å². The molecular weight excluding hydrogens is 591 g/mol. The Morgan fingerprint density at radius 2 is 1.56 bits per heavy atom. The second-order valence-corrected chi connectivity index (χ2v) is 10.5. The van der Waals surface area contributed by atoms with E-state index >= 15 is 0 Å². The highest BCUT2D eigenvalue weighted by Gasteiger charge is 2.45. The molecule has 2 amide bonds. The largest absolute Gasteiger partial charge is 0.461 e. The van der Waals surface area contributed by atoms with Gasteiger partial charge in [-0.2, -0.15) is 30.7 Å². The number of amides is 2. The van der Waals surface area contributed by atoms with Gasteiger partial charge in [-0.25, -0.2) is 13.6 Å². The number of hydrogen-bond acceptors (Lipinski definition) is 2. The lowest BCUT2D eigenvalue weighted by molar-refractivity contribution is -0.253. The molecule has 1 aliphatic carbocycles. The van der Waals surface area contributed by atoms with Gasteiger partial charge in [0, 0.05) is 18.5 Å². The first-order chi connectivity index (χ1) is 20.1. The van der Waals surface area contributed by atoms with E-state index in [1.807, 2.05) is 0 Å². The molecule has 0 aliphatic heterocycles. The predicted molar refractivity (Wildman–Crippen MR) is 139 cm³/mol. The highest BCUT2D eigenvalue weighted by Crippen LogP contribution is 2.41. The zero-order valence-electron chi connectivity index (χ0n) is 22.7. The van der Waals surface area contributed by atoms with E-state index in [2.05, 4.69) is 15.4 Å². The summed E-state index contributed by atoms with van der Waals surface area (Å²) in [7, 11) is 0. The maximum Gasteiger partial charge on any atom is 0.461 e. The average molecular weight is 619 g/mol. The minimum atomic E-state index is -5.18. The second kappa shape index (κ2) is 12.4.